The molecule has 1 atom stereocenters. The van der Waals surface area contributed by atoms with Crippen molar-refractivity contribution in [3.63, 3.8) is 0 Å². The first-order chi connectivity index (χ1) is 10.6. The quantitative estimate of drug-likeness (QED) is 0.862. The number of rotatable bonds is 4. The summed E-state index contributed by atoms with van der Waals surface area (Å²) in [6.45, 7) is 4.46. The third-order valence-corrected chi connectivity index (χ3v) is 6.58. The second-order valence-corrected chi connectivity index (χ2v) is 8.44. The molecule has 2 aliphatic heterocycles. The molecule has 22 heavy (non-hydrogen) atoms. The molecule has 2 N–H and O–H groups in total. The molecular formula is C16H25N3O2S. The van der Waals surface area contributed by atoms with E-state index in [2.05, 4.69) is 33.1 Å². The lowest BCUT2D eigenvalue weighted by Crippen LogP contribution is -2.45. The summed E-state index contributed by atoms with van der Waals surface area (Å²) in [5.74, 6) is 0. The number of benzene rings is 1. The van der Waals surface area contributed by atoms with E-state index in [1.54, 1.807) is 0 Å². The van der Waals surface area contributed by atoms with Gasteiger partial charge in [0.25, 0.3) is 0 Å². The summed E-state index contributed by atoms with van der Waals surface area (Å²) in [6, 6.07) is 6.69. The van der Waals surface area contributed by atoms with Gasteiger partial charge in [-0.25, -0.2) is 13.1 Å². The van der Waals surface area contributed by atoms with E-state index in [0.29, 0.717) is 6.54 Å². The van der Waals surface area contributed by atoms with E-state index >= 15 is 0 Å². The third kappa shape index (κ3) is 3.51. The van der Waals surface area contributed by atoms with Crippen molar-refractivity contribution in [1.82, 2.24) is 14.9 Å². The van der Waals surface area contributed by atoms with Gasteiger partial charge in [-0.3, -0.25) is 4.90 Å². The van der Waals surface area contributed by atoms with Gasteiger partial charge < -0.3 is 5.32 Å². The first kappa shape index (κ1) is 15.9. The predicted molar refractivity (Wildman–Crippen MR) is 88.1 cm³/mol. The van der Waals surface area contributed by atoms with Gasteiger partial charge in [-0.2, -0.15) is 0 Å². The Balaban J connectivity index is 1.68. The van der Waals surface area contributed by atoms with Gasteiger partial charge in [-0.15, -0.1) is 0 Å². The largest absolute Gasteiger partial charge is 0.312 e. The fraction of sp³-hybridized carbons (Fsp3) is 0.625. The molecule has 0 aromatic heterocycles. The minimum Gasteiger partial charge on any atom is -0.312 e. The van der Waals surface area contributed by atoms with Gasteiger partial charge in [-0.1, -0.05) is 18.2 Å². The molecular weight excluding hydrogens is 298 g/mol. The fourth-order valence-electron chi connectivity index (χ4n) is 3.46. The minimum atomic E-state index is -3.16. The number of nitrogens with zero attached hydrogens (tertiary/aromatic N) is 1. The highest BCUT2D eigenvalue weighted by molar-refractivity contribution is 7.90. The molecule has 1 aromatic carbocycles. The highest BCUT2D eigenvalue weighted by atomic mass is 32.2. The van der Waals surface area contributed by atoms with E-state index < -0.39 is 10.0 Å². The van der Waals surface area contributed by atoms with Gasteiger partial charge in [-0.05, 0) is 56.1 Å². The Morgan fingerprint density at radius 2 is 2.23 bits per heavy atom. The maximum absolute atomic E-state index is 12.0. The third-order valence-electron chi connectivity index (χ3n) is 4.75. The van der Waals surface area contributed by atoms with E-state index in [0.717, 1.165) is 45.4 Å². The lowest BCUT2D eigenvalue weighted by Gasteiger charge is -2.32. The summed E-state index contributed by atoms with van der Waals surface area (Å²) < 4.78 is 26.5. The van der Waals surface area contributed by atoms with Gasteiger partial charge >= 0.3 is 0 Å². The van der Waals surface area contributed by atoms with Crippen molar-refractivity contribution >= 4 is 10.0 Å². The average Bonchev–Trinajstić information content (AvgIpc) is 2.55. The maximum Gasteiger partial charge on any atom is 0.215 e. The molecule has 0 bridgehead atoms. The van der Waals surface area contributed by atoms with E-state index in [1.807, 2.05) is 0 Å². The van der Waals surface area contributed by atoms with Crippen LogP contribution < -0.4 is 10.0 Å². The summed E-state index contributed by atoms with van der Waals surface area (Å²) in [5.41, 5.74) is 4.13. The van der Waals surface area contributed by atoms with Crippen LogP contribution in [0.1, 0.15) is 29.5 Å². The molecule has 1 saturated heterocycles. The molecule has 2 aliphatic rings. The van der Waals surface area contributed by atoms with Crippen molar-refractivity contribution in [3.05, 3.63) is 34.9 Å². The van der Waals surface area contributed by atoms with Crippen LogP contribution in [0.4, 0.5) is 0 Å². The Labute approximate surface area is 133 Å². The van der Waals surface area contributed by atoms with Crippen LogP contribution in [0, 0.1) is 0 Å². The summed E-state index contributed by atoms with van der Waals surface area (Å²) in [5, 5.41) is 3.10. The zero-order chi connectivity index (χ0) is 15.6. The molecule has 1 aromatic rings. The smallest absolute Gasteiger partial charge is 0.215 e. The molecule has 0 saturated carbocycles. The number of sulfonamides is 1. The van der Waals surface area contributed by atoms with Crippen LogP contribution in [0.15, 0.2) is 18.2 Å². The van der Waals surface area contributed by atoms with Crippen LogP contribution in [-0.4, -0.2) is 45.2 Å². The number of nitrogens with one attached hydrogen (secondary N) is 2. The number of piperidine rings is 1. The van der Waals surface area contributed by atoms with Gasteiger partial charge in [0.2, 0.25) is 10.0 Å². The van der Waals surface area contributed by atoms with Crippen LogP contribution in [0.2, 0.25) is 0 Å². The van der Waals surface area contributed by atoms with Crippen molar-refractivity contribution in [1.29, 1.82) is 0 Å². The first-order valence-corrected chi connectivity index (χ1v) is 9.59. The number of fused-ring (bicyclic) bond motifs is 1. The highest BCUT2D eigenvalue weighted by Crippen LogP contribution is 2.21. The first-order valence-electron chi connectivity index (χ1n) is 8.04. The molecule has 0 spiro atoms. The number of hydrogen-bond donors (Lipinski definition) is 2. The molecule has 0 radical (unpaired) electrons. The van der Waals surface area contributed by atoms with Crippen molar-refractivity contribution in [3.8, 4) is 0 Å². The Bertz CT molecular complexity index is 630. The van der Waals surface area contributed by atoms with Crippen LogP contribution in [0.25, 0.3) is 0 Å². The molecule has 0 unspecified atom stereocenters. The number of hydrogen-bond acceptors (Lipinski definition) is 4. The van der Waals surface area contributed by atoms with Crippen molar-refractivity contribution in [2.45, 2.75) is 37.6 Å². The van der Waals surface area contributed by atoms with Crippen LogP contribution in [-0.2, 0) is 29.5 Å². The average molecular weight is 323 g/mol. The van der Waals surface area contributed by atoms with Crippen molar-refractivity contribution in [2.75, 3.05) is 26.7 Å². The Hall–Kier alpha value is -0.950. The van der Waals surface area contributed by atoms with E-state index in [4.69, 9.17) is 0 Å². The molecule has 1 fully saturated rings. The summed E-state index contributed by atoms with van der Waals surface area (Å²) in [6.07, 6.45) is 2.79. The SMILES string of the molecule is CNS(=O)(=O)[C@@H]1CCCN(Cc2ccc3c(c2)CCNC3)C1. The second-order valence-electron chi connectivity index (χ2n) is 6.28. The monoisotopic (exact) mass is 323 g/mol. The fourth-order valence-corrected chi connectivity index (χ4v) is 4.68. The Kier molecular flexibility index (Phi) is 4.82. The number of likely N-dealkylation sites (tertiary alicyclic amines) is 1. The standard InChI is InChI=1S/C16H25N3O2S/c1-17-22(20,21)16-3-2-8-19(12-16)11-13-4-5-15-10-18-7-6-14(15)9-13/h4-5,9,16-18H,2-3,6-8,10-12H2,1H3/t16-/m1/s1. The molecule has 0 aliphatic carbocycles. The summed E-state index contributed by atoms with van der Waals surface area (Å²) >= 11 is 0. The zero-order valence-electron chi connectivity index (χ0n) is 13.1. The van der Waals surface area contributed by atoms with Crippen LogP contribution >= 0.6 is 0 Å². The molecule has 6 heteroatoms. The highest BCUT2D eigenvalue weighted by Gasteiger charge is 2.29. The predicted octanol–water partition coefficient (Wildman–Crippen LogP) is 0.846. The van der Waals surface area contributed by atoms with Crippen LogP contribution in [0.3, 0.4) is 0 Å². The van der Waals surface area contributed by atoms with E-state index in [-0.39, 0.29) is 5.25 Å². The second kappa shape index (κ2) is 6.66. The molecule has 122 valence electrons. The van der Waals surface area contributed by atoms with E-state index in [9.17, 15) is 8.42 Å². The zero-order valence-corrected chi connectivity index (χ0v) is 14.0. The summed E-state index contributed by atoms with van der Waals surface area (Å²) in [4.78, 5) is 2.27. The lowest BCUT2D eigenvalue weighted by atomic mass is 9.98. The van der Waals surface area contributed by atoms with Crippen LogP contribution in [0.5, 0.6) is 0 Å². The summed E-state index contributed by atoms with van der Waals surface area (Å²) in [7, 11) is -1.65. The van der Waals surface area contributed by atoms with Gasteiger partial charge in [0.15, 0.2) is 0 Å². The topological polar surface area (TPSA) is 61.4 Å². The minimum absolute atomic E-state index is 0.284. The van der Waals surface area contributed by atoms with Crippen molar-refractivity contribution in [2.24, 2.45) is 0 Å². The van der Waals surface area contributed by atoms with Gasteiger partial charge in [0, 0.05) is 19.6 Å². The lowest BCUT2D eigenvalue weighted by molar-refractivity contribution is 0.222. The van der Waals surface area contributed by atoms with E-state index in [1.165, 1.54) is 23.7 Å². The Morgan fingerprint density at radius 1 is 1.36 bits per heavy atom. The van der Waals surface area contributed by atoms with Crippen molar-refractivity contribution < 1.29 is 8.42 Å². The molecule has 5 nitrogen and oxygen atoms in total. The Morgan fingerprint density at radius 3 is 3.05 bits per heavy atom. The molecule has 0 amide bonds. The molecule has 3 rings (SSSR count). The van der Waals surface area contributed by atoms with Gasteiger partial charge in [0.05, 0.1) is 5.25 Å². The van der Waals surface area contributed by atoms with Gasteiger partial charge in [0.1, 0.15) is 0 Å². The normalized spacial score (nSPS) is 23.2. The maximum atomic E-state index is 12.0. The molecule has 2 heterocycles.